The van der Waals surface area contributed by atoms with Gasteiger partial charge in [0.25, 0.3) is 5.91 Å². The zero-order chi connectivity index (χ0) is 13.0. The van der Waals surface area contributed by atoms with E-state index in [1.165, 1.54) is 0 Å². The molecule has 2 N–H and O–H groups in total. The van der Waals surface area contributed by atoms with E-state index in [0.29, 0.717) is 23.3 Å². The number of rotatable bonds is 4. The first-order valence-electron chi connectivity index (χ1n) is 5.59. The summed E-state index contributed by atoms with van der Waals surface area (Å²) in [6.45, 7) is 4.91. The summed E-state index contributed by atoms with van der Waals surface area (Å²) in [7, 11) is 1.74. The maximum Gasteiger partial charge on any atom is 0.273 e. The predicted molar refractivity (Wildman–Crippen MR) is 70.1 cm³/mol. The molecule has 5 heteroatoms. The minimum Gasteiger partial charge on any atom is -0.384 e. The molecular weight excluding hydrogens is 238 g/mol. The number of nitrogen functional groups attached to an aromatic ring is 1. The lowest BCUT2D eigenvalue weighted by atomic mass is 10.1. The molecule has 0 unspecified atom stereocenters. The van der Waals surface area contributed by atoms with E-state index in [2.05, 4.69) is 18.8 Å². The molecule has 0 aliphatic rings. The lowest BCUT2D eigenvalue weighted by molar-refractivity contribution is 0.0783. The van der Waals surface area contributed by atoms with Crippen LogP contribution < -0.4 is 5.73 Å². The summed E-state index contributed by atoms with van der Waals surface area (Å²) in [5.41, 5.74) is 5.77. The van der Waals surface area contributed by atoms with Gasteiger partial charge in [-0.25, -0.2) is 4.98 Å². The number of carbonyl (C=O) groups excluding carboxylic acids is 1. The Balaban J connectivity index is 2.78. The Kier molecular flexibility index (Phi) is 4.75. The molecule has 0 fully saturated rings. The van der Waals surface area contributed by atoms with E-state index in [1.54, 1.807) is 24.1 Å². The smallest absolute Gasteiger partial charge is 0.273 e. The van der Waals surface area contributed by atoms with Crippen LogP contribution in [0.1, 0.15) is 30.8 Å². The monoisotopic (exact) mass is 255 g/mol. The molecule has 1 amide bonds. The van der Waals surface area contributed by atoms with Crippen molar-refractivity contribution in [2.24, 2.45) is 5.92 Å². The minimum atomic E-state index is -0.192. The molecule has 1 aromatic rings. The second kappa shape index (κ2) is 5.87. The highest BCUT2D eigenvalue weighted by Crippen LogP contribution is 2.17. The second-order valence-corrected chi connectivity index (χ2v) is 4.88. The van der Waals surface area contributed by atoms with Crippen molar-refractivity contribution in [3.05, 3.63) is 22.8 Å². The Morgan fingerprint density at radius 1 is 1.53 bits per heavy atom. The molecular formula is C12H18ClN3O. The minimum absolute atomic E-state index is 0.192. The molecule has 1 heterocycles. The molecule has 0 aromatic carbocycles. The summed E-state index contributed by atoms with van der Waals surface area (Å²) in [5.74, 6) is 0.660. The first-order chi connectivity index (χ1) is 7.91. The molecule has 0 aliphatic heterocycles. The van der Waals surface area contributed by atoms with Gasteiger partial charge in [-0.05, 0) is 24.5 Å². The number of aromatic nitrogens is 1. The summed E-state index contributed by atoms with van der Waals surface area (Å²) in [4.78, 5) is 17.6. The molecule has 94 valence electrons. The summed E-state index contributed by atoms with van der Waals surface area (Å²) < 4.78 is 0. The quantitative estimate of drug-likeness (QED) is 0.899. The van der Waals surface area contributed by atoms with Crippen LogP contribution in [0.2, 0.25) is 5.02 Å². The van der Waals surface area contributed by atoms with Crippen molar-refractivity contribution in [2.75, 3.05) is 19.3 Å². The number of anilines is 1. The number of amides is 1. The van der Waals surface area contributed by atoms with Gasteiger partial charge in [-0.1, -0.05) is 25.4 Å². The van der Waals surface area contributed by atoms with E-state index in [0.717, 1.165) is 6.42 Å². The molecule has 1 aromatic heterocycles. The molecule has 0 bridgehead atoms. The number of nitrogens with two attached hydrogens (primary N) is 1. The summed E-state index contributed by atoms with van der Waals surface area (Å²) in [6, 6.07) is 3.17. The van der Waals surface area contributed by atoms with Crippen molar-refractivity contribution in [3.8, 4) is 0 Å². The van der Waals surface area contributed by atoms with Gasteiger partial charge in [0.05, 0.1) is 5.02 Å². The van der Waals surface area contributed by atoms with Crippen LogP contribution in [0.25, 0.3) is 0 Å². The Bertz CT molecular complexity index is 407. The molecule has 0 atom stereocenters. The van der Waals surface area contributed by atoms with Crippen molar-refractivity contribution in [1.29, 1.82) is 0 Å². The van der Waals surface area contributed by atoms with Gasteiger partial charge in [-0.15, -0.1) is 0 Å². The van der Waals surface area contributed by atoms with E-state index in [4.69, 9.17) is 17.3 Å². The maximum absolute atomic E-state index is 12.1. The molecule has 17 heavy (non-hydrogen) atoms. The van der Waals surface area contributed by atoms with Gasteiger partial charge in [-0.2, -0.15) is 0 Å². The zero-order valence-electron chi connectivity index (χ0n) is 10.4. The fourth-order valence-electron chi connectivity index (χ4n) is 1.34. The second-order valence-electron chi connectivity index (χ2n) is 4.48. The lowest BCUT2D eigenvalue weighted by Gasteiger charge is -2.18. The molecule has 0 radical (unpaired) electrons. The van der Waals surface area contributed by atoms with E-state index >= 15 is 0 Å². The van der Waals surface area contributed by atoms with Crippen molar-refractivity contribution in [2.45, 2.75) is 20.3 Å². The average Bonchev–Trinajstić information content (AvgIpc) is 2.28. The Labute approximate surface area is 107 Å². The third kappa shape index (κ3) is 3.89. The van der Waals surface area contributed by atoms with Crippen LogP contribution in [0.5, 0.6) is 0 Å². The fraction of sp³-hybridized carbons (Fsp3) is 0.500. The van der Waals surface area contributed by atoms with E-state index in [9.17, 15) is 4.79 Å². The third-order valence-corrected chi connectivity index (χ3v) is 2.76. The standard InChI is InChI=1S/C12H18ClN3O/c1-8(2)6-7-16(3)12(17)11-9(13)4-5-10(14)15-11/h4-5,8H,6-7H2,1-3H3,(H2,14,15). The topological polar surface area (TPSA) is 59.2 Å². The molecule has 0 saturated carbocycles. The lowest BCUT2D eigenvalue weighted by Crippen LogP contribution is -2.29. The number of hydrogen-bond donors (Lipinski definition) is 1. The number of pyridine rings is 1. The van der Waals surface area contributed by atoms with E-state index in [-0.39, 0.29) is 11.6 Å². The van der Waals surface area contributed by atoms with Gasteiger partial charge in [0.2, 0.25) is 0 Å². The third-order valence-electron chi connectivity index (χ3n) is 2.46. The van der Waals surface area contributed by atoms with Crippen LogP contribution in [0.15, 0.2) is 12.1 Å². The molecule has 0 spiro atoms. The number of hydrogen-bond acceptors (Lipinski definition) is 3. The van der Waals surface area contributed by atoms with Crippen LogP contribution >= 0.6 is 11.6 Å². The molecule has 0 aliphatic carbocycles. The van der Waals surface area contributed by atoms with Gasteiger partial charge in [-0.3, -0.25) is 4.79 Å². The van der Waals surface area contributed by atoms with Gasteiger partial charge in [0, 0.05) is 13.6 Å². The summed E-state index contributed by atoms with van der Waals surface area (Å²) in [6.07, 6.45) is 0.947. The van der Waals surface area contributed by atoms with E-state index < -0.39 is 0 Å². The Morgan fingerprint density at radius 3 is 2.76 bits per heavy atom. The van der Waals surface area contributed by atoms with Gasteiger partial charge in [0.1, 0.15) is 11.5 Å². The molecule has 1 rings (SSSR count). The number of halogens is 1. The van der Waals surface area contributed by atoms with Crippen molar-refractivity contribution < 1.29 is 4.79 Å². The average molecular weight is 256 g/mol. The molecule has 0 saturated heterocycles. The fourth-order valence-corrected chi connectivity index (χ4v) is 1.53. The number of nitrogens with zero attached hydrogens (tertiary/aromatic N) is 2. The highest BCUT2D eigenvalue weighted by Gasteiger charge is 2.17. The molecule has 4 nitrogen and oxygen atoms in total. The maximum atomic E-state index is 12.1. The highest BCUT2D eigenvalue weighted by molar-refractivity contribution is 6.33. The normalized spacial score (nSPS) is 10.6. The van der Waals surface area contributed by atoms with Crippen molar-refractivity contribution >= 4 is 23.3 Å². The summed E-state index contributed by atoms with van der Waals surface area (Å²) >= 11 is 5.93. The first kappa shape index (κ1) is 13.8. The predicted octanol–water partition coefficient (Wildman–Crippen LogP) is 2.44. The van der Waals surface area contributed by atoms with Crippen LogP contribution in [0, 0.1) is 5.92 Å². The Hall–Kier alpha value is -1.29. The van der Waals surface area contributed by atoms with Gasteiger partial charge >= 0.3 is 0 Å². The SMILES string of the molecule is CC(C)CCN(C)C(=O)c1nc(N)ccc1Cl. The highest BCUT2D eigenvalue weighted by atomic mass is 35.5. The number of carbonyl (C=O) groups is 1. The summed E-state index contributed by atoms with van der Waals surface area (Å²) in [5, 5.41) is 0.334. The first-order valence-corrected chi connectivity index (χ1v) is 5.97. The van der Waals surface area contributed by atoms with Crippen LogP contribution in [-0.2, 0) is 0 Å². The van der Waals surface area contributed by atoms with Gasteiger partial charge in [0.15, 0.2) is 0 Å². The van der Waals surface area contributed by atoms with E-state index in [1.807, 2.05) is 0 Å². The van der Waals surface area contributed by atoms with Gasteiger partial charge < -0.3 is 10.6 Å². The van der Waals surface area contributed by atoms with Crippen LogP contribution in [-0.4, -0.2) is 29.4 Å². The van der Waals surface area contributed by atoms with Crippen molar-refractivity contribution in [3.63, 3.8) is 0 Å². The van der Waals surface area contributed by atoms with Crippen LogP contribution in [0.4, 0.5) is 5.82 Å². The zero-order valence-corrected chi connectivity index (χ0v) is 11.2. The Morgan fingerprint density at radius 2 is 2.18 bits per heavy atom. The van der Waals surface area contributed by atoms with Crippen LogP contribution in [0.3, 0.4) is 0 Å². The largest absolute Gasteiger partial charge is 0.384 e. The van der Waals surface area contributed by atoms with Crippen molar-refractivity contribution in [1.82, 2.24) is 9.88 Å².